The minimum absolute atomic E-state index is 0.0986. The molecule has 0 saturated heterocycles. The Morgan fingerprint density at radius 2 is 1.74 bits per heavy atom. The first-order valence-corrected chi connectivity index (χ1v) is 7.38. The number of ether oxygens (including phenoxy) is 2. The Balaban J connectivity index is 2.26. The second-order valence-electron chi connectivity index (χ2n) is 5.10. The van der Waals surface area contributed by atoms with Crippen LogP contribution >= 0.6 is 11.6 Å². The van der Waals surface area contributed by atoms with E-state index in [-0.39, 0.29) is 5.43 Å². The fourth-order valence-corrected chi connectivity index (χ4v) is 2.69. The summed E-state index contributed by atoms with van der Waals surface area (Å²) in [5.74, 6) is 1.69. The molecular weight excluding hydrogens is 316 g/mol. The molecule has 0 saturated carbocycles. The Kier molecular flexibility index (Phi) is 4.01. The van der Waals surface area contributed by atoms with E-state index in [1.807, 2.05) is 6.07 Å². The summed E-state index contributed by atoms with van der Waals surface area (Å²) in [5, 5.41) is 0.974. The molecular formula is C18H15ClO4. The number of hydrogen-bond acceptors (Lipinski definition) is 4. The van der Waals surface area contributed by atoms with E-state index in [0.717, 1.165) is 5.56 Å². The van der Waals surface area contributed by atoms with E-state index in [1.165, 1.54) is 0 Å². The van der Waals surface area contributed by atoms with E-state index in [2.05, 4.69) is 0 Å². The van der Waals surface area contributed by atoms with Crippen LogP contribution < -0.4 is 14.9 Å². The molecule has 0 atom stereocenters. The number of rotatable bonds is 3. The van der Waals surface area contributed by atoms with Gasteiger partial charge in [-0.1, -0.05) is 11.6 Å². The van der Waals surface area contributed by atoms with Crippen LogP contribution in [0.3, 0.4) is 0 Å². The lowest BCUT2D eigenvalue weighted by atomic mass is 10.1. The van der Waals surface area contributed by atoms with Gasteiger partial charge in [0.05, 0.1) is 19.6 Å². The van der Waals surface area contributed by atoms with Crippen molar-refractivity contribution in [3.05, 3.63) is 57.2 Å². The first kappa shape index (κ1) is 15.4. The molecule has 0 aliphatic carbocycles. The Morgan fingerprint density at radius 1 is 1.00 bits per heavy atom. The Morgan fingerprint density at radius 3 is 2.43 bits per heavy atom. The van der Waals surface area contributed by atoms with Gasteiger partial charge in [-0.25, -0.2) is 0 Å². The lowest BCUT2D eigenvalue weighted by Crippen LogP contribution is -2.07. The molecule has 0 unspecified atom stereocenters. The standard InChI is InChI=1S/C18H15ClO4/c1-10-17(20)13-9-12(19)5-7-14(13)23-18(10)11-4-6-15(21-2)16(8-11)22-3/h4-9H,1-3H3. The third-order valence-corrected chi connectivity index (χ3v) is 3.96. The average Bonchev–Trinajstić information content (AvgIpc) is 2.58. The van der Waals surface area contributed by atoms with Gasteiger partial charge in [0.2, 0.25) is 0 Å². The summed E-state index contributed by atoms with van der Waals surface area (Å²) in [7, 11) is 3.13. The molecule has 0 amide bonds. The molecule has 0 bridgehead atoms. The number of methoxy groups -OCH3 is 2. The number of halogens is 1. The van der Waals surface area contributed by atoms with Crippen molar-refractivity contribution in [2.75, 3.05) is 14.2 Å². The molecule has 5 heteroatoms. The summed E-state index contributed by atoms with van der Waals surface area (Å²) in [4.78, 5) is 12.6. The fourth-order valence-electron chi connectivity index (χ4n) is 2.51. The average molecular weight is 331 g/mol. The van der Waals surface area contributed by atoms with Crippen LogP contribution in [0.2, 0.25) is 5.02 Å². The van der Waals surface area contributed by atoms with E-state index in [4.69, 9.17) is 25.5 Å². The predicted molar refractivity (Wildman–Crippen MR) is 90.8 cm³/mol. The summed E-state index contributed by atoms with van der Waals surface area (Å²) in [6.45, 7) is 1.73. The number of hydrogen-bond donors (Lipinski definition) is 0. The Bertz CT molecular complexity index is 944. The van der Waals surface area contributed by atoms with Crippen molar-refractivity contribution in [1.29, 1.82) is 0 Å². The van der Waals surface area contributed by atoms with Crippen molar-refractivity contribution in [3.8, 4) is 22.8 Å². The molecule has 4 nitrogen and oxygen atoms in total. The predicted octanol–water partition coefficient (Wildman–Crippen LogP) is 4.44. The van der Waals surface area contributed by atoms with Crippen LogP contribution in [-0.2, 0) is 0 Å². The number of fused-ring (bicyclic) bond motifs is 1. The van der Waals surface area contributed by atoms with Crippen LogP contribution in [-0.4, -0.2) is 14.2 Å². The van der Waals surface area contributed by atoms with E-state index in [0.29, 0.717) is 38.8 Å². The summed E-state index contributed by atoms with van der Waals surface area (Å²) in [6, 6.07) is 10.4. The van der Waals surface area contributed by atoms with Gasteiger partial charge in [-0.2, -0.15) is 0 Å². The van der Waals surface area contributed by atoms with Crippen molar-refractivity contribution in [3.63, 3.8) is 0 Å². The molecule has 0 spiro atoms. The van der Waals surface area contributed by atoms with Crippen molar-refractivity contribution in [2.45, 2.75) is 6.92 Å². The minimum Gasteiger partial charge on any atom is -0.493 e. The zero-order valence-corrected chi connectivity index (χ0v) is 13.7. The smallest absolute Gasteiger partial charge is 0.196 e. The molecule has 2 aromatic carbocycles. The van der Waals surface area contributed by atoms with Gasteiger partial charge in [0, 0.05) is 16.1 Å². The van der Waals surface area contributed by atoms with Crippen molar-refractivity contribution in [1.82, 2.24) is 0 Å². The van der Waals surface area contributed by atoms with Crippen LogP contribution in [0, 0.1) is 6.92 Å². The largest absolute Gasteiger partial charge is 0.493 e. The molecule has 0 fully saturated rings. The third-order valence-electron chi connectivity index (χ3n) is 3.73. The van der Waals surface area contributed by atoms with Gasteiger partial charge in [-0.05, 0) is 43.3 Å². The third kappa shape index (κ3) is 2.66. The van der Waals surface area contributed by atoms with Gasteiger partial charge in [-0.3, -0.25) is 4.79 Å². The quantitative estimate of drug-likeness (QED) is 0.712. The van der Waals surface area contributed by atoms with Crippen LogP contribution in [0.5, 0.6) is 11.5 Å². The lowest BCUT2D eigenvalue weighted by Gasteiger charge is -2.11. The van der Waals surface area contributed by atoms with Crippen LogP contribution in [0.1, 0.15) is 5.56 Å². The van der Waals surface area contributed by atoms with Gasteiger partial charge in [0.25, 0.3) is 0 Å². The molecule has 1 aromatic heterocycles. The van der Waals surface area contributed by atoms with Gasteiger partial charge < -0.3 is 13.9 Å². The lowest BCUT2D eigenvalue weighted by molar-refractivity contribution is 0.355. The molecule has 0 aliphatic heterocycles. The Hall–Kier alpha value is -2.46. The van der Waals surface area contributed by atoms with Crippen molar-refractivity contribution in [2.24, 2.45) is 0 Å². The first-order valence-electron chi connectivity index (χ1n) is 7.00. The molecule has 23 heavy (non-hydrogen) atoms. The highest BCUT2D eigenvalue weighted by Gasteiger charge is 2.15. The maximum atomic E-state index is 12.6. The highest BCUT2D eigenvalue weighted by Crippen LogP contribution is 2.34. The number of benzene rings is 2. The fraction of sp³-hybridized carbons (Fsp3) is 0.167. The molecule has 0 aliphatic rings. The van der Waals surface area contributed by atoms with Crippen LogP contribution in [0.15, 0.2) is 45.6 Å². The van der Waals surface area contributed by atoms with E-state index in [1.54, 1.807) is 51.5 Å². The van der Waals surface area contributed by atoms with Gasteiger partial charge in [0.1, 0.15) is 11.3 Å². The van der Waals surface area contributed by atoms with Crippen molar-refractivity contribution < 1.29 is 13.9 Å². The summed E-state index contributed by atoms with van der Waals surface area (Å²) >= 11 is 5.96. The highest BCUT2D eigenvalue weighted by atomic mass is 35.5. The van der Waals surface area contributed by atoms with Crippen LogP contribution in [0.25, 0.3) is 22.3 Å². The second kappa shape index (κ2) is 5.97. The maximum absolute atomic E-state index is 12.6. The highest BCUT2D eigenvalue weighted by molar-refractivity contribution is 6.31. The Labute approximate surface area is 138 Å². The first-order chi connectivity index (χ1) is 11.0. The van der Waals surface area contributed by atoms with Gasteiger partial charge >= 0.3 is 0 Å². The second-order valence-corrected chi connectivity index (χ2v) is 5.53. The molecule has 3 rings (SSSR count). The SMILES string of the molecule is COc1ccc(-c2oc3ccc(Cl)cc3c(=O)c2C)cc1OC. The molecule has 1 heterocycles. The molecule has 0 radical (unpaired) electrons. The van der Waals surface area contributed by atoms with Crippen molar-refractivity contribution >= 4 is 22.6 Å². The summed E-state index contributed by atoms with van der Waals surface area (Å²) in [5.41, 5.74) is 1.66. The maximum Gasteiger partial charge on any atom is 0.196 e. The van der Waals surface area contributed by atoms with Gasteiger partial charge in [-0.15, -0.1) is 0 Å². The van der Waals surface area contributed by atoms with Crippen LogP contribution in [0.4, 0.5) is 0 Å². The topological polar surface area (TPSA) is 48.7 Å². The van der Waals surface area contributed by atoms with E-state index < -0.39 is 0 Å². The summed E-state index contributed by atoms with van der Waals surface area (Å²) < 4.78 is 16.5. The zero-order valence-electron chi connectivity index (χ0n) is 13.0. The molecule has 0 N–H and O–H groups in total. The van der Waals surface area contributed by atoms with Gasteiger partial charge in [0.15, 0.2) is 16.9 Å². The molecule has 118 valence electrons. The molecule has 3 aromatic rings. The normalized spacial score (nSPS) is 10.8. The monoisotopic (exact) mass is 330 g/mol. The van der Waals surface area contributed by atoms with E-state index >= 15 is 0 Å². The summed E-state index contributed by atoms with van der Waals surface area (Å²) in [6.07, 6.45) is 0. The zero-order chi connectivity index (χ0) is 16.6. The van der Waals surface area contributed by atoms with E-state index in [9.17, 15) is 4.79 Å². The minimum atomic E-state index is -0.0986.